The van der Waals surface area contributed by atoms with Crippen molar-refractivity contribution in [1.82, 2.24) is 14.5 Å². The summed E-state index contributed by atoms with van der Waals surface area (Å²) < 4.78 is 20.4. The van der Waals surface area contributed by atoms with E-state index in [-0.39, 0.29) is 11.7 Å². The largest absolute Gasteiger partial charge is 0.481 e. The second-order valence-electron chi connectivity index (χ2n) is 4.59. The monoisotopic (exact) mass is 305 g/mol. The van der Waals surface area contributed by atoms with E-state index < -0.39 is 0 Å². The fourth-order valence-electron chi connectivity index (χ4n) is 2.23. The van der Waals surface area contributed by atoms with Gasteiger partial charge in [-0.2, -0.15) is 0 Å². The van der Waals surface area contributed by atoms with E-state index in [1.165, 1.54) is 12.1 Å². The minimum Gasteiger partial charge on any atom is -0.481 e. The Hall–Kier alpha value is -2.14. The number of benzene rings is 1. The molecular weight excluding hydrogens is 293 g/mol. The highest BCUT2D eigenvalue weighted by molar-refractivity contribution is 6.16. The molecule has 0 amide bonds. The van der Waals surface area contributed by atoms with E-state index in [0.29, 0.717) is 18.2 Å². The molecule has 4 nitrogen and oxygen atoms in total. The van der Waals surface area contributed by atoms with Crippen molar-refractivity contribution < 1.29 is 9.13 Å². The normalized spacial score (nSPS) is 11.0. The highest BCUT2D eigenvalue weighted by atomic mass is 35.5. The first-order chi connectivity index (χ1) is 10.2. The number of pyridine rings is 1. The lowest BCUT2D eigenvalue weighted by Crippen LogP contribution is -2.04. The van der Waals surface area contributed by atoms with Gasteiger partial charge in [0.15, 0.2) is 0 Å². The molecule has 3 aromatic rings. The molecule has 21 heavy (non-hydrogen) atoms. The topological polar surface area (TPSA) is 39.9 Å². The van der Waals surface area contributed by atoms with E-state index in [4.69, 9.17) is 16.3 Å². The standard InChI is InChI=1S/C15H13ClFN3O/c1-21-15-5-2-10(8-18-15)9-20-13-6-11(17)3-4-12(13)19-14(20)7-16/h2-6,8H,7,9H2,1H3. The third-order valence-corrected chi connectivity index (χ3v) is 3.50. The van der Waals surface area contributed by atoms with Gasteiger partial charge in [0.2, 0.25) is 5.88 Å². The maximum absolute atomic E-state index is 13.5. The molecule has 0 radical (unpaired) electrons. The number of halogens is 2. The molecule has 2 heterocycles. The van der Waals surface area contributed by atoms with E-state index in [1.807, 2.05) is 10.6 Å². The van der Waals surface area contributed by atoms with Crippen LogP contribution in [0.5, 0.6) is 5.88 Å². The minimum atomic E-state index is -0.294. The molecule has 0 N–H and O–H groups in total. The number of rotatable bonds is 4. The molecule has 0 aliphatic rings. The molecule has 0 saturated heterocycles. The maximum Gasteiger partial charge on any atom is 0.212 e. The lowest BCUT2D eigenvalue weighted by molar-refractivity contribution is 0.397. The van der Waals surface area contributed by atoms with Crippen molar-refractivity contribution >= 4 is 22.6 Å². The Morgan fingerprint density at radius 1 is 1.29 bits per heavy atom. The van der Waals surface area contributed by atoms with Crippen LogP contribution in [0, 0.1) is 5.82 Å². The minimum absolute atomic E-state index is 0.264. The van der Waals surface area contributed by atoms with Crippen LogP contribution in [-0.2, 0) is 12.4 Å². The fraction of sp³-hybridized carbons (Fsp3) is 0.200. The van der Waals surface area contributed by atoms with Crippen molar-refractivity contribution in [2.45, 2.75) is 12.4 Å². The number of methoxy groups -OCH3 is 1. The predicted molar refractivity (Wildman–Crippen MR) is 79.1 cm³/mol. The number of nitrogens with zero attached hydrogens (tertiary/aromatic N) is 3. The van der Waals surface area contributed by atoms with Crippen molar-refractivity contribution in [2.24, 2.45) is 0 Å². The predicted octanol–water partition coefficient (Wildman–Crippen LogP) is 3.37. The first kappa shape index (κ1) is 13.8. The van der Waals surface area contributed by atoms with Crippen LogP contribution < -0.4 is 4.74 Å². The van der Waals surface area contributed by atoms with Crippen molar-refractivity contribution in [3.05, 3.63) is 53.7 Å². The fourth-order valence-corrected chi connectivity index (χ4v) is 2.44. The molecule has 2 aromatic heterocycles. The van der Waals surface area contributed by atoms with Crippen LogP contribution in [0.4, 0.5) is 4.39 Å². The molecular formula is C15H13ClFN3O. The van der Waals surface area contributed by atoms with E-state index in [1.54, 1.807) is 25.4 Å². The van der Waals surface area contributed by atoms with Gasteiger partial charge in [-0.15, -0.1) is 11.6 Å². The van der Waals surface area contributed by atoms with Crippen LogP contribution in [0.25, 0.3) is 11.0 Å². The SMILES string of the molecule is COc1ccc(Cn2c(CCl)nc3ccc(F)cc32)cn1. The Bertz CT molecular complexity index is 770. The number of aromatic nitrogens is 3. The third kappa shape index (κ3) is 2.69. The second kappa shape index (κ2) is 5.69. The smallest absolute Gasteiger partial charge is 0.212 e. The molecule has 108 valence electrons. The van der Waals surface area contributed by atoms with Gasteiger partial charge in [-0.1, -0.05) is 6.07 Å². The lowest BCUT2D eigenvalue weighted by Gasteiger charge is -2.08. The zero-order chi connectivity index (χ0) is 14.8. The molecule has 0 bridgehead atoms. The average molecular weight is 306 g/mol. The van der Waals surface area contributed by atoms with Gasteiger partial charge in [-0.3, -0.25) is 0 Å². The van der Waals surface area contributed by atoms with Gasteiger partial charge in [0.05, 0.1) is 30.6 Å². The summed E-state index contributed by atoms with van der Waals surface area (Å²) in [4.78, 5) is 8.59. The number of fused-ring (bicyclic) bond motifs is 1. The molecule has 0 saturated carbocycles. The van der Waals surface area contributed by atoms with Crippen molar-refractivity contribution in [3.8, 4) is 5.88 Å². The number of hydrogen-bond acceptors (Lipinski definition) is 3. The molecule has 1 aromatic carbocycles. The summed E-state index contributed by atoms with van der Waals surface area (Å²) in [6, 6.07) is 8.22. The number of alkyl halides is 1. The summed E-state index contributed by atoms with van der Waals surface area (Å²) in [6.07, 6.45) is 1.72. The van der Waals surface area contributed by atoms with E-state index >= 15 is 0 Å². The lowest BCUT2D eigenvalue weighted by atomic mass is 10.2. The van der Waals surface area contributed by atoms with E-state index in [0.717, 1.165) is 16.6 Å². The van der Waals surface area contributed by atoms with Gasteiger partial charge in [0.25, 0.3) is 0 Å². The van der Waals surface area contributed by atoms with Gasteiger partial charge in [0.1, 0.15) is 11.6 Å². The van der Waals surface area contributed by atoms with Crippen LogP contribution in [-0.4, -0.2) is 21.6 Å². The Kier molecular flexibility index (Phi) is 3.75. The first-order valence-electron chi connectivity index (χ1n) is 6.41. The summed E-state index contributed by atoms with van der Waals surface area (Å²) in [5, 5.41) is 0. The van der Waals surface area contributed by atoms with E-state index in [2.05, 4.69) is 9.97 Å². The maximum atomic E-state index is 13.5. The molecule has 3 rings (SSSR count). The van der Waals surface area contributed by atoms with Gasteiger partial charge < -0.3 is 9.30 Å². The van der Waals surface area contributed by atoms with Crippen molar-refractivity contribution in [3.63, 3.8) is 0 Å². The van der Waals surface area contributed by atoms with E-state index in [9.17, 15) is 4.39 Å². The van der Waals surface area contributed by atoms with Crippen LogP contribution >= 0.6 is 11.6 Å². The Morgan fingerprint density at radius 2 is 2.14 bits per heavy atom. The molecule has 0 aliphatic carbocycles. The molecule has 6 heteroatoms. The summed E-state index contributed by atoms with van der Waals surface area (Å²) in [6.45, 7) is 0.527. The molecule has 0 atom stereocenters. The highest BCUT2D eigenvalue weighted by Crippen LogP contribution is 2.20. The Labute approximate surface area is 126 Å². The van der Waals surface area contributed by atoms with Crippen LogP contribution in [0.1, 0.15) is 11.4 Å². The van der Waals surface area contributed by atoms with Gasteiger partial charge in [-0.25, -0.2) is 14.4 Å². The summed E-state index contributed by atoms with van der Waals surface area (Å²) in [5.74, 6) is 1.23. The first-order valence-corrected chi connectivity index (χ1v) is 6.94. The Morgan fingerprint density at radius 3 is 2.81 bits per heavy atom. The second-order valence-corrected chi connectivity index (χ2v) is 4.86. The van der Waals surface area contributed by atoms with Crippen LogP contribution in [0.3, 0.4) is 0 Å². The van der Waals surface area contributed by atoms with Crippen LogP contribution in [0.15, 0.2) is 36.5 Å². The van der Waals surface area contributed by atoms with Crippen molar-refractivity contribution in [2.75, 3.05) is 7.11 Å². The Balaban J connectivity index is 2.03. The quantitative estimate of drug-likeness (QED) is 0.694. The van der Waals surface area contributed by atoms with Crippen LogP contribution in [0.2, 0.25) is 0 Å². The zero-order valence-electron chi connectivity index (χ0n) is 11.4. The summed E-state index contributed by atoms with van der Waals surface area (Å²) in [5.41, 5.74) is 2.42. The zero-order valence-corrected chi connectivity index (χ0v) is 12.1. The number of imidazole rings is 1. The van der Waals surface area contributed by atoms with Gasteiger partial charge in [-0.05, 0) is 23.8 Å². The van der Waals surface area contributed by atoms with Gasteiger partial charge >= 0.3 is 0 Å². The van der Waals surface area contributed by atoms with Gasteiger partial charge in [0, 0.05) is 12.3 Å². The summed E-state index contributed by atoms with van der Waals surface area (Å²) in [7, 11) is 1.57. The van der Waals surface area contributed by atoms with Crippen molar-refractivity contribution in [1.29, 1.82) is 0 Å². The molecule has 0 spiro atoms. The molecule has 0 unspecified atom stereocenters. The summed E-state index contributed by atoms with van der Waals surface area (Å²) >= 11 is 5.94. The number of ether oxygens (including phenoxy) is 1. The molecule has 0 aliphatic heterocycles. The number of hydrogen-bond donors (Lipinski definition) is 0. The third-order valence-electron chi connectivity index (χ3n) is 3.26. The average Bonchev–Trinajstić information content (AvgIpc) is 2.85. The molecule has 0 fully saturated rings. The highest BCUT2D eigenvalue weighted by Gasteiger charge is 2.11.